The molecule has 6 heteroatoms. The first-order chi connectivity index (χ1) is 16.7. The number of methoxy groups -OCH3 is 1. The van der Waals surface area contributed by atoms with E-state index in [1.807, 2.05) is 91.0 Å². The second kappa shape index (κ2) is 12.8. The minimum absolute atomic E-state index is 0.251. The molecule has 1 N–H and O–H groups in total. The number of aliphatic hydroxyl groups is 1. The topological polar surface area (TPSA) is 66.4 Å². The van der Waals surface area contributed by atoms with E-state index in [0.717, 1.165) is 16.7 Å². The molecule has 0 saturated carbocycles. The highest BCUT2D eigenvalue weighted by Crippen LogP contribution is 2.29. The smallest absolute Gasteiger partial charge is 0.184 e. The van der Waals surface area contributed by atoms with Crippen LogP contribution in [0.25, 0.3) is 0 Å². The van der Waals surface area contributed by atoms with Crippen LogP contribution in [0.15, 0.2) is 91.0 Å². The van der Waals surface area contributed by atoms with Crippen LogP contribution in [0.2, 0.25) is 0 Å². The fraction of sp³-hybridized carbons (Fsp3) is 0.357. The molecule has 1 fully saturated rings. The predicted molar refractivity (Wildman–Crippen MR) is 128 cm³/mol. The summed E-state index contributed by atoms with van der Waals surface area (Å²) in [6.07, 6.45) is -3.45. The number of aliphatic hydroxyl groups excluding tert-OH is 1. The molecule has 5 atom stereocenters. The van der Waals surface area contributed by atoms with Gasteiger partial charge in [0.1, 0.15) is 24.4 Å². The Bertz CT molecular complexity index is 952. The Morgan fingerprint density at radius 2 is 1.12 bits per heavy atom. The van der Waals surface area contributed by atoms with Crippen molar-refractivity contribution in [2.75, 3.05) is 13.7 Å². The maximum atomic E-state index is 10.9. The average molecular weight is 465 g/mol. The van der Waals surface area contributed by atoms with E-state index in [2.05, 4.69) is 0 Å². The first-order valence-corrected chi connectivity index (χ1v) is 11.5. The van der Waals surface area contributed by atoms with Crippen molar-refractivity contribution in [2.24, 2.45) is 0 Å². The third-order valence-electron chi connectivity index (χ3n) is 5.85. The zero-order chi connectivity index (χ0) is 23.6. The fourth-order valence-electron chi connectivity index (χ4n) is 4.08. The lowest BCUT2D eigenvalue weighted by Crippen LogP contribution is -2.61. The van der Waals surface area contributed by atoms with Crippen LogP contribution >= 0.6 is 0 Å². The summed E-state index contributed by atoms with van der Waals surface area (Å²) in [5.41, 5.74) is 3.09. The van der Waals surface area contributed by atoms with Crippen molar-refractivity contribution in [1.29, 1.82) is 0 Å². The van der Waals surface area contributed by atoms with Crippen molar-refractivity contribution in [3.63, 3.8) is 0 Å². The summed E-state index contributed by atoms with van der Waals surface area (Å²) in [4.78, 5) is 0. The van der Waals surface area contributed by atoms with Gasteiger partial charge in [0.25, 0.3) is 0 Å². The highest BCUT2D eigenvalue weighted by Gasteiger charge is 2.47. The molecule has 6 nitrogen and oxygen atoms in total. The number of rotatable bonds is 11. The predicted octanol–water partition coefficient (Wildman–Crippen LogP) is 4.11. The molecular formula is C28H32O6. The van der Waals surface area contributed by atoms with Gasteiger partial charge in [-0.3, -0.25) is 0 Å². The van der Waals surface area contributed by atoms with Crippen molar-refractivity contribution in [3.8, 4) is 0 Å². The summed E-state index contributed by atoms with van der Waals surface area (Å²) in [6, 6.07) is 29.6. The van der Waals surface area contributed by atoms with E-state index in [1.165, 1.54) is 0 Å². The maximum Gasteiger partial charge on any atom is 0.184 e. The minimum Gasteiger partial charge on any atom is -0.376 e. The molecule has 0 aliphatic carbocycles. The van der Waals surface area contributed by atoms with E-state index >= 15 is 0 Å². The van der Waals surface area contributed by atoms with E-state index in [9.17, 15) is 5.11 Å². The molecule has 3 aromatic rings. The van der Waals surface area contributed by atoms with Crippen LogP contribution in [0, 0.1) is 0 Å². The highest BCUT2D eigenvalue weighted by molar-refractivity contribution is 5.15. The number of hydrogen-bond donors (Lipinski definition) is 1. The van der Waals surface area contributed by atoms with Gasteiger partial charge in [0.15, 0.2) is 6.29 Å². The molecule has 3 aromatic carbocycles. The molecule has 1 aliphatic heterocycles. The molecule has 0 spiro atoms. The monoisotopic (exact) mass is 464 g/mol. The molecule has 0 bridgehead atoms. The summed E-state index contributed by atoms with van der Waals surface area (Å²) >= 11 is 0. The molecule has 0 unspecified atom stereocenters. The Hall–Kier alpha value is -2.58. The van der Waals surface area contributed by atoms with Gasteiger partial charge in [-0.15, -0.1) is 0 Å². The van der Waals surface area contributed by atoms with Crippen LogP contribution in [0.3, 0.4) is 0 Å². The van der Waals surface area contributed by atoms with Crippen LogP contribution in [0.1, 0.15) is 16.7 Å². The van der Waals surface area contributed by atoms with Crippen LogP contribution in [-0.4, -0.2) is 49.5 Å². The van der Waals surface area contributed by atoms with Gasteiger partial charge >= 0.3 is 0 Å². The number of benzene rings is 3. The first-order valence-electron chi connectivity index (χ1n) is 11.5. The lowest BCUT2D eigenvalue weighted by molar-refractivity contribution is -0.312. The number of ether oxygens (including phenoxy) is 5. The molecule has 1 saturated heterocycles. The van der Waals surface area contributed by atoms with E-state index < -0.39 is 30.7 Å². The largest absolute Gasteiger partial charge is 0.376 e. The SMILES string of the molecule is CO[C@@H]1[C@H](OCc2ccccc2)[C@@H](OCc2ccccc2)[C@@H](O)O[C@@H]1COCc1ccccc1. The van der Waals surface area contributed by atoms with E-state index in [1.54, 1.807) is 7.11 Å². The van der Waals surface area contributed by atoms with Gasteiger partial charge in [-0.2, -0.15) is 0 Å². The van der Waals surface area contributed by atoms with Crippen LogP contribution in [0.4, 0.5) is 0 Å². The average Bonchev–Trinajstić information content (AvgIpc) is 2.88. The Morgan fingerprint density at radius 3 is 1.62 bits per heavy atom. The van der Waals surface area contributed by atoms with Crippen LogP contribution in [0.5, 0.6) is 0 Å². The standard InChI is InChI=1S/C28H32O6/c1-30-25-24(20-31-17-21-11-5-2-6-12-21)34-28(29)27(33-19-23-15-9-4-10-16-23)26(25)32-18-22-13-7-3-8-14-22/h2-16,24-29H,17-20H2,1H3/t24-,25+,26+,27-,28+/m1/s1. The number of hydrogen-bond acceptors (Lipinski definition) is 6. The van der Waals surface area contributed by atoms with Crippen molar-refractivity contribution < 1.29 is 28.8 Å². The Morgan fingerprint density at radius 1 is 0.647 bits per heavy atom. The van der Waals surface area contributed by atoms with Gasteiger partial charge in [-0.05, 0) is 16.7 Å². The van der Waals surface area contributed by atoms with Gasteiger partial charge in [0, 0.05) is 7.11 Å². The summed E-state index contributed by atoms with van der Waals surface area (Å²) < 4.78 is 30.0. The molecule has 180 valence electrons. The molecule has 0 aromatic heterocycles. The zero-order valence-electron chi connectivity index (χ0n) is 19.4. The Labute approximate surface area is 201 Å². The molecule has 4 rings (SSSR count). The van der Waals surface area contributed by atoms with Crippen LogP contribution < -0.4 is 0 Å². The zero-order valence-corrected chi connectivity index (χ0v) is 19.4. The van der Waals surface area contributed by atoms with Gasteiger partial charge in [0.2, 0.25) is 0 Å². The van der Waals surface area contributed by atoms with Gasteiger partial charge < -0.3 is 28.8 Å². The normalized spacial score (nSPS) is 24.7. The molecule has 34 heavy (non-hydrogen) atoms. The lowest BCUT2D eigenvalue weighted by Gasteiger charge is -2.44. The van der Waals surface area contributed by atoms with Crippen LogP contribution in [-0.2, 0) is 43.5 Å². The first kappa shape index (κ1) is 24.5. The third kappa shape index (κ3) is 6.73. The van der Waals surface area contributed by atoms with Crippen molar-refractivity contribution in [2.45, 2.75) is 50.5 Å². The quantitative estimate of drug-likeness (QED) is 0.461. The molecule has 1 heterocycles. The summed E-state index contributed by atoms with van der Waals surface area (Å²) in [7, 11) is 1.61. The molecule has 0 amide bonds. The third-order valence-corrected chi connectivity index (χ3v) is 5.85. The maximum absolute atomic E-state index is 10.9. The molecular weight excluding hydrogens is 432 g/mol. The van der Waals surface area contributed by atoms with Crippen molar-refractivity contribution >= 4 is 0 Å². The lowest BCUT2D eigenvalue weighted by atomic mass is 9.98. The van der Waals surface area contributed by atoms with E-state index in [0.29, 0.717) is 19.8 Å². The summed E-state index contributed by atoms with van der Waals surface area (Å²) in [5, 5.41) is 10.9. The Balaban J connectivity index is 1.45. The van der Waals surface area contributed by atoms with Crippen molar-refractivity contribution in [1.82, 2.24) is 0 Å². The van der Waals surface area contributed by atoms with Crippen molar-refractivity contribution in [3.05, 3.63) is 108 Å². The van der Waals surface area contributed by atoms with Gasteiger partial charge in [-0.25, -0.2) is 0 Å². The molecule has 0 radical (unpaired) electrons. The summed E-state index contributed by atoms with van der Waals surface area (Å²) in [6.45, 7) is 1.38. The fourth-order valence-corrected chi connectivity index (χ4v) is 4.08. The van der Waals surface area contributed by atoms with Gasteiger partial charge in [0.05, 0.1) is 26.4 Å². The van der Waals surface area contributed by atoms with Gasteiger partial charge in [-0.1, -0.05) is 91.0 Å². The second-order valence-electron chi connectivity index (χ2n) is 8.29. The highest BCUT2D eigenvalue weighted by atomic mass is 16.7. The molecule has 1 aliphatic rings. The van der Waals surface area contributed by atoms with E-state index in [-0.39, 0.29) is 6.61 Å². The Kier molecular flexibility index (Phi) is 9.21. The second-order valence-corrected chi connectivity index (χ2v) is 8.29. The summed E-state index contributed by atoms with van der Waals surface area (Å²) in [5.74, 6) is 0. The minimum atomic E-state index is -1.18. The van der Waals surface area contributed by atoms with E-state index in [4.69, 9.17) is 23.7 Å².